The molecule has 1 aromatic heterocycles. The Morgan fingerprint density at radius 1 is 1.23 bits per heavy atom. The van der Waals surface area contributed by atoms with Crippen molar-refractivity contribution in [2.24, 2.45) is 0 Å². The molecular formula is C17H19N3O2. The SMILES string of the molecule is Cc1cccc(NC(=O)c2cc(C3CCOCC3)ncn2)c1. The minimum Gasteiger partial charge on any atom is -0.381 e. The first-order valence-corrected chi connectivity index (χ1v) is 7.50. The van der Waals surface area contributed by atoms with Crippen LogP contribution in [0, 0.1) is 6.92 Å². The second kappa shape index (κ2) is 6.66. The smallest absolute Gasteiger partial charge is 0.274 e. The van der Waals surface area contributed by atoms with Gasteiger partial charge in [0.25, 0.3) is 5.91 Å². The van der Waals surface area contributed by atoms with Gasteiger partial charge in [-0.1, -0.05) is 12.1 Å². The van der Waals surface area contributed by atoms with Gasteiger partial charge in [0.1, 0.15) is 12.0 Å². The molecule has 1 amide bonds. The number of aryl methyl sites for hydroxylation is 1. The minimum atomic E-state index is -0.207. The van der Waals surface area contributed by atoms with E-state index in [-0.39, 0.29) is 5.91 Å². The van der Waals surface area contributed by atoms with Gasteiger partial charge in [0.05, 0.1) is 0 Å². The molecule has 1 aliphatic rings. The number of amides is 1. The lowest BCUT2D eigenvalue weighted by molar-refractivity contribution is 0.0844. The zero-order chi connectivity index (χ0) is 15.4. The molecule has 2 aromatic rings. The third kappa shape index (κ3) is 3.49. The number of hydrogen-bond donors (Lipinski definition) is 1. The summed E-state index contributed by atoms with van der Waals surface area (Å²) in [7, 11) is 0. The van der Waals surface area contributed by atoms with E-state index in [0.717, 1.165) is 43.0 Å². The van der Waals surface area contributed by atoms with E-state index in [1.807, 2.05) is 31.2 Å². The summed E-state index contributed by atoms with van der Waals surface area (Å²) >= 11 is 0. The first-order chi connectivity index (χ1) is 10.7. The number of carbonyl (C=O) groups excluding carboxylic acids is 1. The third-order valence-electron chi connectivity index (χ3n) is 3.84. The van der Waals surface area contributed by atoms with Crippen molar-refractivity contribution < 1.29 is 9.53 Å². The van der Waals surface area contributed by atoms with Gasteiger partial charge >= 0.3 is 0 Å². The van der Waals surface area contributed by atoms with E-state index in [1.165, 1.54) is 6.33 Å². The molecular weight excluding hydrogens is 278 g/mol. The van der Waals surface area contributed by atoms with Crippen LogP contribution in [0.15, 0.2) is 36.7 Å². The number of benzene rings is 1. The van der Waals surface area contributed by atoms with Crippen LogP contribution >= 0.6 is 0 Å². The molecule has 5 nitrogen and oxygen atoms in total. The number of aromatic nitrogens is 2. The van der Waals surface area contributed by atoms with Gasteiger partial charge in [-0.2, -0.15) is 0 Å². The Hall–Kier alpha value is -2.27. The highest BCUT2D eigenvalue weighted by Gasteiger charge is 2.19. The Labute approximate surface area is 129 Å². The molecule has 0 atom stereocenters. The van der Waals surface area contributed by atoms with E-state index in [9.17, 15) is 4.79 Å². The van der Waals surface area contributed by atoms with E-state index in [2.05, 4.69) is 15.3 Å². The summed E-state index contributed by atoms with van der Waals surface area (Å²) in [6.07, 6.45) is 3.35. The fourth-order valence-corrected chi connectivity index (χ4v) is 2.63. The van der Waals surface area contributed by atoms with Gasteiger partial charge in [0.15, 0.2) is 0 Å². The molecule has 114 valence electrons. The van der Waals surface area contributed by atoms with Gasteiger partial charge in [-0.25, -0.2) is 9.97 Å². The lowest BCUT2D eigenvalue weighted by Gasteiger charge is -2.21. The molecule has 0 radical (unpaired) electrons. The predicted octanol–water partition coefficient (Wildman–Crippen LogP) is 2.93. The van der Waals surface area contributed by atoms with E-state index in [0.29, 0.717) is 11.6 Å². The molecule has 0 spiro atoms. The van der Waals surface area contributed by atoms with E-state index < -0.39 is 0 Å². The van der Waals surface area contributed by atoms with Gasteiger partial charge in [-0.3, -0.25) is 4.79 Å². The summed E-state index contributed by atoms with van der Waals surface area (Å²) < 4.78 is 5.37. The number of nitrogens with zero attached hydrogens (tertiary/aromatic N) is 2. The molecule has 1 aromatic carbocycles. The Morgan fingerprint density at radius 3 is 2.82 bits per heavy atom. The summed E-state index contributed by atoms with van der Waals surface area (Å²) in [5.41, 5.74) is 3.20. The summed E-state index contributed by atoms with van der Waals surface area (Å²) in [5, 5.41) is 2.88. The Kier molecular flexibility index (Phi) is 4.44. The molecule has 0 unspecified atom stereocenters. The highest BCUT2D eigenvalue weighted by molar-refractivity contribution is 6.02. The number of carbonyl (C=O) groups is 1. The number of nitrogens with one attached hydrogen (secondary N) is 1. The first-order valence-electron chi connectivity index (χ1n) is 7.50. The van der Waals surface area contributed by atoms with E-state index in [4.69, 9.17) is 4.74 Å². The summed E-state index contributed by atoms with van der Waals surface area (Å²) in [5.74, 6) is 0.142. The van der Waals surface area contributed by atoms with Crippen molar-refractivity contribution in [2.45, 2.75) is 25.7 Å². The zero-order valence-corrected chi connectivity index (χ0v) is 12.6. The number of rotatable bonds is 3. The second-order valence-electron chi connectivity index (χ2n) is 5.54. The van der Waals surface area contributed by atoms with Gasteiger partial charge in [-0.15, -0.1) is 0 Å². The molecule has 1 aliphatic heterocycles. The van der Waals surface area contributed by atoms with Crippen molar-refractivity contribution in [2.75, 3.05) is 18.5 Å². The molecule has 1 fully saturated rings. The fourth-order valence-electron chi connectivity index (χ4n) is 2.63. The average Bonchev–Trinajstić information content (AvgIpc) is 2.56. The number of anilines is 1. The summed E-state index contributed by atoms with van der Waals surface area (Å²) in [6.45, 7) is 3.49. The lowest BCUT2D eigenvalue weighted by Crippen LogP contribution is -2.18. The number of ether oxygens (including phenoxy) is 1. The average molecular weight is 297 g/mol. The molecule has 3 rings (SSSR count). The highest BCUT2D eigenvalue weighted by atomic mass is 16.5. The van der Waals surface area contributed by atoms with Crippen LogP contribution in [0.25, 0.3) is 0 Å². The zero-order valence-electron chi connectivity index (χ0n) is 12.6. The van der Waals surface area contributed by atoms with Gasteiger partial charge in [0.2, 0.25) is 0 Å². The van der Waals surface area contributed by atoms with Crippen LogP contribution in [-0.4, -0.2) is 29.1 Å². The highest BCUT2D eigenvalue weighted by Crippen LogP contribution is 2.25. The Balaban J connectivity index is 1.75. The quantitative estimate of drug-likeness (QED) is 0.946. The van der Waals surface area contributed by atoms with Crippen LogP contribution in [0.3, 0.4) is 0 Å². The Morgan fingerprint density at radius 2 is 2.05 bits per heavy atom. The largest absolute Gasteiger partial charge is 0.381 e. The van der Waals surface area contributed by atoms with Crippen molar-refractivity contribution in [1.29, 1.82) is 0 Å². The van der Waals surface area contributed by atoms with Crippen molar-refractivity contribution in [3.63, 3.8) is 0 Å². The van der Waals surface area contributed by atoms with Gasteiger partial charge in [0, 0.05) is 30.5 Å². The third-order valence-corrected chi connectivity index (χ3v) is 3.84. The van der Waals surface area contributed by atoms with Gasteiger partial charge in [-0.05, 0) is 43.5 Å². The van der Waals surface area contributed by atoms with Crippen LogP contribution in [-0.2, 0) is 4.74 Å². The summed E-state index contributed by atoms with van der Waals surface area (Å²) in [4.78, 5) is 20.8. The van der Waals surface area contributed by atoms with Crippen LogP contribution in [0.5, 0.6) is 0 Å². The summed E-state index contributed by atoms with van der Waals surface area (Å²) in [6, 6.07) is 9.49. The van der Waals surface area contributed by atoms with Crippen LogP contribution < -0.4 is 5.32 Å². The molecule has 1 N–H and O–H groups in total. The fraction of sp³-hybridized carbons (Fsp3) is 0.353. The standard InChI is InChI=1S/C17H19N3O2/c1-12-3-2-4-14(9-12)20-17(21)16-10-15(18-11-19-16)13-5-7-22-8-6-13/h2-4,9-11,13H,5-8H2,1H3,(H,20,21). The topological polar surface area (TPSA) is 64.1 Å². The molecule has 0 aliphatic carbocycles. The molecule has 1 saturated heterocycles. The van der Waals surface area contributed by atoms with Crippen molar-refractivity contribution in [1.82, 2.24) is 9.97 Å². The van der Waals surface area contributed by atoms with Crippen molar-refractivity contribution in [3.8, 4) is 0 Å². The molecule has 22 heavy (non-hydrogen) atoms. The monoisotopic (exact) mass is 297 g/mol. The normalized spacial score (nSPS) is 15.5. The Bertz CT molecular complexity index is 666. The minimum absolute atomic E-state index is 0.207. The van der Waals surface area contributed by atoms with Crippen molar-refractivity contribution in [3.05, 3.63) is 53.6 Å². The van der Waals surface area contributed by atoms with Gasteiger partial charge < -0.3 is 10.1 Å². The van der Waals surface area contributed by atoms with Crippen LogP contribution in [0.2, 0.25) is 0 Å². The molecule has 0 bridgehead atoms. The second-order valence-corrected chi connectivity index (χ2v) is 5.54. The van der Waals surface area contributed by atoms with E-state index in [1.54, 1.807) is 6.07 Å². The number of hydrogen-bond acceptors (Lipinski definition) is 4. The van der Waals surface area contributed by atoms with Crippen molar-refractivity contribution >= 4 is 11.6 Å². The molecule has 5 heteroatoms. The molecule has 0 saturated carbocycles. The maximum Gasteiger partial charge on any atom is 0.274 e. The van der Waals surface area contributed by atoms with Crippen LogP contribution in [0.4, 0.5) is 5.69 Å². The predicted molar refractivity (Wildman–Crippen MR) is 84.0 cm³/mol. The maximum atomic E-state index is 12.3. The van der Waals surface area contributed by atoms with Crippen LogP contribution in [0.1, 0.15) is 40.5 Å². The molecule has 2 heterocycles. The van der Waals surface area contributed by atoms with E-state index >= 15 is 0 Å². The first kappa shape index (κ1) is 14.7. The maximum absolute atomic E-state index is 12.3. The lowest BCUT2D eigenvalue weighted by atomic mass is 9.96.